The third-order valence-corrected chi connectivity index (χ3v) is 3.14. The van der Waals surface area contributed by atoms with Gasteiger partial charge < -0.3 is 5.73 Å². The van der Waals surface area contributed by atoms with Gasteiger partial charge in [-0.15, -0.1) is 11.3 Å². The standard InChI is InChI=1S/C10H15NOS/c1-6(2)8(11)9(12)10-7(3)4-5-13-10/h4-6,8H,11H2,1-3H3. The van der Waals surface area contributed by atoms with Crippen molar-refractivity contribution in [1.82, 2.24) is 0 Å². The van der Waals surface area contributed by atoms with E-state index in [-0.39, 0.29) is 17.7 Å². The zero-order valence-corrected chi connectivity index (χ0v) is 9.02. The van der Waals surface area contributed by atoms with Crippen LogP contribution in [0.15, 0.2) is 11.4 Å². The molecule has 0 aromatic carbocycles. The maximum Gasteiger partial charge on any atom is 0.189 e. The molecule has 1 unspecified atom stereocenters. The Hall–Kier alpha value is -0.670. The minimum atomic E-state index is -0.364. The third-order valence-electron chi connectivity index (χ3n) is 2.11. The topological polar surface area (TPSA) is 43.1 Å². The van der Waals surface area contributed by atoms with Crippen LogP contribution in [0.25, 0.3) is 0 Å². The molecule has 13 heavy (non-hydrogen) atoms. The van der Waals surface area contributed by atoms with E-state index in [4.69, 9.17) is 5.73 Å². The molecule has 1 atom stereocenters. The molecular formula is C10H15NOS. The van der Waals surface area contributed by atoms with Crippen molar-refractivity contribution in [2.24, 2.45) is 11.7 Å². The number of hydrogen-bond acceptors (Lipinski definition) is 3. The first-order chi connectivity index (χ1) is 6.04. The van der Waals surface area contributed by atoms with Crippen molar-refractivity contribution in [3.8, 4) is 0 Å². The first kappa shape index (κ1) is 10.4. The molecule has 1 aromatic rings. The van der Waals surface area contributed by atoms with Crippen LogP contribution in [0.1, 0.15) is 29.1 Å². The number of carbonyl (C=O) groups is 1. The first-order valence-electron chi connectivity index (χ1n) is 4.38. The summed E-state index contributed by atoms with van der Waals surface area (Å²) in [6.45, 7) is 5.87. The number of hydrogen-bond donors (Lipinski definition) is 1. The molecule has 0 aliphatic carbocycles. The van der Waals surface area contributed by atoms with Gasteiger partial charge in [0.25, 0.3) is 0 Å². The number of thiophene rings is 1. The van der Waals surface area contributed by atoms with Crippen LogP contribution in [0.5, 0.6) is 0 Å². The van der Waals surface area contributed by atoms with Crippen LogP contribution in [0.2, 0.25) is 0 Å². The fourth-order valence-corrected chi connectivity index (χ4v) is 1.99. The van der Waals surface area contributed by atoms with Crippen LogP contribution in [-0.2, 0) is 0 Å². The van der Waals surface area contributed by atoms with Crippen LogP contribution in [0, 0.1) is 12.8 Å². The summed E-state index contributed by atoms with van der Waals surface area (Å²) in [7, 11) is 0. The van der Waals surface area contributed by atoms with Crippen molar-refractivity contribution in [3.05, 3.63) is 21.9 Å². The molecule has 0 amide bonds. The molecule has 0 fully saturated rings. The Morgan fingerprint density at radius 1 is 1.54 bits per heavy atom. The summed E-state index contributed by atoms with van der Waals surface area (Å²) in [6, 6.07) is 1.59. The summed E-state index contributed by atoms with van der Waals surface area (Å²) in [5, 5.41) is 1.93. The van der Waals surface area contributed by atoms with Gasteiger partial charge in [-0.3, -0.25) is 4.79 Å². The highest BCUT2D eigenvalue weighted by atomic mass is 32.1. The van der Waals surface area contributed by atoms with E-state index in [9.17, 15) is 4.79 Å². The average molecular weight is 197 g/mol. The normalized spacial score (nSPS) is 13.3. The second-order valence-electron chi connectivity index (χ2n) is 3.57. The first-order valence-corrected chi connectivity index (χ1v) is 5.26. The van der Waals surface area contributed by atoms with Gasteiger partial charge in [-0.25, -0.2) is 0 Å². The predicted molar refractivity (Wildman–Crippen MR) is 56.2 cm³/mol. The van der Waals surface area contributed by atoms with E-state index >= 15 is 0 Å². The van der Waals surface area contributed by atoms with Crippen LogP contribution in [0.4, 0.5) is 0 Å². The van der Waals surface area contributed by atoms with E-state index < -0.39 is 0 Å². The van der Waals surface area contributed by atoms with Crippen molar-refractivity contribution < 1.29 is 4.79 Å². The Morgan fingerprint density at radius 2 is 2.15 bits per heavy atom. The predicted octanol–water partition coefficient (Wildman–Crippen LogP) is 2.22. The second-order valence-corrected chi connectivity index (χ2v) is 4.48. The highest BCUT2D eigenvalue weighted by molar-refractivity contribution is 7.12. The highest BCUT2D eigenvalue weighted by Crippen LogP contribution is 2.18. The smallest absolute Gasteiger partial charge is 0.189 e. The fourth-order valence-electron chi connectivity index (χ4n) is 1.08. The summed E-state index contributed by atoms with van der Waals surface area (Å²) in [6.07, 6.45) is 0. The minimum Gasteiger partial charge on any atom is -0.321 e. The van der Waals surface area contributed by atoms with Crippen molar-refractivity contribution >= 4 is 17.1 Å². The number of Topliss-reactive ketones (excluding diaryl/α,β-unsaturated/α-hetero) is 1. The average Bonchev–Trinajstić information content (AvgIpc) is 2.48. The molecule has 2 nitrogen and oxygen atoms in total. The fraction of sp³-hybridized carbons (Fsp3) is 0.500. The Morgan fingerprint density at radius 3 is 2.54 bits per heavy atom. The van der Waals surface area contributed by atoms with Crippen molar-refractivity contribution in [2.45, 2.75) is 26.8 Å². The molecule has 1 aromatic heterocycles. The van der Waals surface area contributed by atoms with Crippen LogP contribution in [-0.4, -0.2) is 11.8 Å². The summed E-state index contributed by atoms with van der Waals surface area (Å²) in [5.41, 5.74) is 6.81. The maximum atomic E-state index is 11.8. The zero-order chi connectivity index (χ0) is 10.0. The van der Waals surface area contributed by atoms with Gasteiger partial charge in [0.15, 0.2) is 5.78 Å². The Balaban J connectivity index is 2.86. The summed E-state index contributed by atoms with van der Waals surface area (Å²) in [5.74, 6) is 0.275. The molecular weight excluding hydrogens is 182 g/mol. The van der Waals surface area contributed by atoms with Gasteiger partial charge >= 0.3 is 0 Å². The van der Waals surface area contributed by atoms with E-state index in [0.717, 1.165) is 10.4 Å². The molecule has 0 saturated carbocycles. The van der Waals surface area contributed by atoms with Crippen LogP contribution >= 0.6 is 11.3 Å². The van der Waals surface area contributed by atoms with Crippen molar-refractivity contribution in [3.63, 3.8) is 0 Å². The molecule has 0 radical (unpaired) electrons. The summed E-state index contributed by atoms with van der Waals surface area (Å²) in [4.78, 5) is 12.6. The van der Waals surface area contributed by atoms with Crippen LogP contribution in [0.3, 0.4) is 0 Å². The second kappa shape index (κ2) is 4.03. The number of rotatable bonds is 3. The van der Waals surface area contributed by atoms with Gasteiger partial charge in [-0.05, 0) is 29.9 Å². The van der Waals surface area contributed by atoms with E-state index in [2.05, 4.69) is 0 Å². The van der Waals surface area contributed by atoms with Crippen LogP contribution < -0.4 is 5.73 Å². The molecule has 0 spiro atoms. The van der Waals surface area contributed by atoms with Gasteiger partial charge in [-0.1, -0.05) is 13.8 Å². The Labute approximate surface area is 82.8 Å². The maximum absolute atomic E-state index is 11.8. The Bertz CT molecular complexity index is 304. The zero-order valence-electron chi connectivity index (χ0n) is 8.20. The summed E-state index contributed by atoms with van der Waals surface area (Å²) >= 11 is 1.47. The summed E-state index contributed by atoms with van der Waals surface area (Å²) < 4.78 is 0. The Kier molecular flexibility index (Phi) is 3.22. The van der Waals surface area contributed by atoms with Crippen molar-refractivity contribution in [1.29, 1.82) is 0 Å². The van der Waals surface area contributed by atoms with Gasteiger partial charge in [-0.2, -0.15) is 0 Å². The molecule has 0 aliphatic heterocycles. The molecule has 1 heterocycles. The largest absolute Gasteiger partial charge is 0.321 e. The molecule has 0 aliphatic rings. The lowest BCUT2D eigenvalue weighted by molar-refractivity contribution is 0.0944. The molecule has 3 heteroatoms. The van der Waals surface area contributed by atoms with Crippen molar-refractivity contribution in [2.75, 3.05) is 0 Å². The van der Waals surface area contributed by atoms with Gasteiger partial charge in [0.2, 0.25) is 0 Å². The quantitative estimate of drug-likeness (QED) is 0.755. The highest BCUT2D eigenvalue weighted by Gasteiger charge is 2.21. The monoisotopic (exact) mass is 197 g/mol. The molecule has 1 rings (SSSR count). The van der Waals surface area contributed by atoms with Gasteiger partial charge in [0.05, 0.1) is 10.9 Å². The lowest BCUT2D eigenvalue weighted by atomic mass is 9.99. The number of ketones is 1. The molecule has 0 saturated heterocycles. The molecule has 72 valence electrons. The van der Waals surface area contributed by atoms with E-state index in [1.807, 2.05) is 32.2 Å². The van der Waals surface area contributed by atoms with E-state index in [1.165, 1.54) is 11.3 Å². The number of nitrogens with two attached hydrogens (primary N) is 1. The number of carbonyl (C=O) groups excluding carboxylic acids is 1. The van der Waals surface area contributed by atoms with Gasteiger partial charge in [0, 0.05) is 0 Å². The molecule has 0 bridgehead atoms. The van der Waals surface area contributed by atoms with E-state index in [1.54, 1.807) is 0 Å². The minimum absolute atomic E-state index is 0.0718. The lowest BCUT2D eigenvalue weighted by Gasteiger charge is -2.13. The van der Waals surface area contributed by atoms with Gasteiger partial charge in [0.1, 0.15) is 0 Å². The third kappa shape index (κ3) is 2.17. The lowest BCUT2D eigenvalue weighted by Crippen LogP contribution is -2.35. The molecule has 2 N–H and O–H groups in total. The SMILES string of the molecule is Cc1ccsc1C(=O)C(N)C(C)C. The number of aryl methyl sites for hydroxylation is 1. The van der Waals surface area contributed by atoms with E-state index in [0.29, 0.717) is 0 Å².